The molecule has 0 amide bonds. The Labute approximate surface area is 77.1 Å². The molecule has 0 aromatic heterocycles. The third kappa shape index (κ3) is 2.83. The third-order valence-electron chi connectivity index (χ3n) is 1.25. The Kier molecular flexibility index (Phi) is 2.75. The molecule has 0 N–H and O–H groups in total. The summed E-state index contributed by atoms with van der Waals surface area (Å²) in [6.45, 7) is 0. The highest BCUT2D eigenvalue weighted by Crippen LogP contribution is 2.18. The monoisotopic (exact) mass is 203 g/mol. The van der Waals surface area contributed by atoms with Gasteiger partial charge in [-0.2, -0.15) is 0 Å². The first-order valence-electron chi connectivity index (χ1n) is 3.28. The second-order valence-corrected chi connectivity index (χ2v) is 4.77. The van der Waals surface area contributed by atoms with Crippen molar-refractivity contribution in [3.05, 3.63) is 40.6 Å². The third-order valence-corrected chi connectivity index (χ3v) is 2.27. The molecule has 1 rings (SSSR count). The predicted octanol–water partition coefficient (Wildman–Crippen LogP) is 1.89. The normalized spacial score (nSPS) is 11.5. The Morgan fingerprint density at radius 1 is 1.33 bits per heavy atom. The molecule has 0 atom stereocenters. The predicted molar refractivity (Wildman–Crippen MR) is 49.7 cm³/mol. The summed E-state index contributed by atoms with van der Waals surface area (Å²) in [4.78, 5) is 0. The quantitative estimate of drug-likeness (QED) is 0.736. The summed E-state index contributed by atoms with van der Waals surface area (Å²) in [5.74, 6) is 1.15. The first kappa shape index (κ1) is 9.55. The zero-order valence-electron chi connectivity index (χ0n) is 6.49. The van der Waals surface area contributed by atoms with Crippen LogP contribution in [-0.4, -0.2) is 14.7 Å². The molecule has 0 unspecified atom stereocenters. The van der Waals surface area contributed by atoms with Gasteiger partial charge in [0.05, 0.1) is 0 Å². The average molecular weight is 204 g/mol. The largest absolute Gasteiger partial charge is 0.228 e. The van der Waals surface area contributed by atoms with Gasteiger partial charge in [0.15, 0.2) is 9.84 Å². The first-order chi connectivity index (χ1) is 5.49. The highest BCUT2D eigenvalue weighted by Gasteiger charge is 2.07. The molecule has 0 spiro atoms. The summed E-state index contributed by atoms with van der Waals surface area (Å²) in [5, 5.41) is 0.447. The molecule has 4 heteroatoms. The van der Waals surface area contributed by atoms with Crippen molar-refractivity contribution in [3.8, 4) is 0 Å². The lowest BCUT2D eigenvalue weighted by molar-refractivity contribution is 0.608. The van der Waals surface area contributed by atoms with Crippen molar-refractivity contribution in [3.63, 3.8) is 0 Å². The van der Waals surface area contributed by atoms with Crippen molar-refractivity contribution in [2.24, 2.45) is 0 Å². The summed E-state index contributed by atoms with van der Waals surface area (Å²) in [6, 6.07) is 6.80. The molecule has 0 saturated heterocycles. The maximum absolute atomic E-state index is 10.8. The zero-order valence-corrected chi connectivity index (χ0v) is 8.06. The highest BCUT2D eigenvalue weighted by molar-refractivity contribution is 7.92. The Bertz CT molecular complexity index is 370. The highest BCUT2D eigenvalue weighted by atomic mass is 35.5. The average Bonchev–Trinajstić information content (AvgIpc) is 1.91. The minimum atomic E-state index is -3.11. The van der Waals surface area contributed by atoms with Gasteiger partial charge in [-0.05, 0) is 11.6 Å². The summed E-state index contributed by atoms with van der Waals surface area (Å²) in [5.41, 5.74) is 0.529. The fourth-order valence-electron chi connectivity index (χ4n) is 0.801. The van der Waals surface area contributed by atoms with Gasteiger partial charge in [0.1, 0.15) is 5.75 Å². The van der Waals surface area contributed by atoms with E-state index in [1.54, 1.807) is 24.3 Å². The Hall–Kier alpha value is -0.540. The van der Waals surface area contributed by atoms with E-state index >= 15 is 0 Å². The van der Waals surface area contributed by atoms with Gasteiger partial charge in [-0.25, -0.2) is 8.42 Å². The number of benzene rings is 1. The zero-order chi connectivity index (χ0) is 9.19. The summed E-state index contributed by atoms with van der Waals surface area (Å²) < 4.78 is 21.7. The van der Waals surface area contributed by atoms with Crippen molar-refractivity contribution in [2.45, 2.75) is 0 Å². The SMILES string of the molecule is CS(=O)(=O)[CH]c1ccccc1Cl. The minimum absolute atomic E-state index is 0.447. The maximum atomic E-state index is 10.8. The standard InChI is InChI=1S/C8H8ClO2S/c1-12(10,11)6-7-4-2-3-5-8(7)9/h2-6H,1H3. The Balaban J connectivity index is 2.98. The number of halogens is 1. The minimum Gasteiger partial charge on any atom is -0.228 e. The van der Waals surface area contributed by atoms with Crippen molar-refractivity contribution < 1.29 is 8.42 Å². The molecule has 0 bridgehead atoms. The lowest BCUT2D eigenvalue weighted by Gasteiger charge is -1.99. The van der Waals surface area contributed by atoms with Gasteiger partial charge >= 0.3 is 0 Å². The molecule has 0 aliphatic heterocycles. The van der Waals surface area contributed by atoms with E-state index in [0.29, 0.717) is 10.6 Å². The second-order valence-electron chi connectivity index (χ2n) is 2.47. The van der Waals surface area contributed by atoms with Crippen LogP contribution >= 0.6 is 11.6 Å². The molecule has 0 saturated carbocycles. The van der Waals surface area contributed by atoms with Crippen LogP contribution in [-0.2, 0) is 9.84 Å². The number of rotatable bonds is 2. The number of hydrogen-bond donors (Lipinski definition) is 0. The molecule has 1 aromatic rings. The Morgan fingerprint density at radius 2 is 1.92 bits per heavy atom. The van der Waals surface area contributed by atoms with Gasteiger partial charge < -0.3 is 0 Å². The van der Waals surface area contributed by atoms with Crippen LogP contribution in [0, 0.1) is 5.75 Å². The molecule has 0 aliphatic rings. The molecule has 65 valence electrons. The fourth-order valence-corrected chi connectivity index (χ4v) is 1.72. The second kappa shape index (κ2) is 3.46. The van der Waals surface area contributed by atoms with Crippen molar-refractivity contribution in [1.82, 2.24) is 0 Å². The number of hydrogen-bond acceptors (Lipinski definition) is 2. The van der Waals surface area contributed by atoms with Gasteiger partial charge in [-0.3, -0.25) is 0 Å². The molecular formula is C8H8ClO2S. The van der Waals surface area contributed by atoms with Crippen LogP contribution in [0.15, 0.2) is 24.3 Å². The molecule has 0 fully saturated rings. The lowest BCUT2D eigenvalue weighted by atomic mass is 10.2. The lowest BCUT2D eigenvalue weighted by Crippen LogP contribution is -1.97. The van der Waals surface area contributed by atoms with E-state index in [1.807, 2.05) is 0 Å². The molecule has 0 aliphatic carbocycles. The van der Waals surface area contributed by atoms with Crippen molar-refractivity contribution in [2.75, 3.05) is 6.26 Å². The van der Waals surface area contributed by atoms with E-state index < -0.39 is 9.84 Å². The van der Waals surface area contributed by atoms with Gasteiger partial charge in [0.25, 0.3) is 0 Å². The maximum Gasteiger partial charge on any atom is 0.156 e. The molecular weight excluding hydrogens is 196 g/mol. The van der Waals surface area contributed by atoms with Crippen LogP contribution in [0.5, 0.6) is 0 Å². The van der Waals surface area contributed by atoms with Crippen LogP contribution in [0.2, 0.25) is 5.02 Å². The number of sulfone groups is 1. The van der Waals surface area contributed by atoms with Crippen LogP contribution in [0.25, 0.3) is 0 Å². The molecule has 12 heavy (non-hydrogen) atoms. The van der Waals surface area contributed by atoms with Crippen molar-refractivity contribution in [1.29, 1.82) is 0 Å². The van der Waals surface area contributed by atoms with Gasteiger partial charge in [0.2, 0.25) is 0 Å². The van der Waals surface area contributed by atoms with E-state index in [1.165, 1.54) is 0 Å². The van der Waals surface area contributed by atoms with E-state index in [0.717, 1.165) is 12.0 Å². The van der Waals surface area contributed by atoms with Crippen LogP contribution in [0.4, 0.5) is 0 Å². The molecule has 1 aromatic carbocycles. The van der Waals surface area contributed by atoms with Crippen LogP contribution in [0.3, 0.4) is 0 Å². The molecule has 2 nitrogen and oxygen atoms in total. The van der Waals surface area contributed by atoms with Gasteiger partial charge in [-0.1, -0.05) is 29.8 Å². The van der Waals surface area contributed by atoms with E-state index in [4.69, 9.17) is 11.6 Å². The van der Waals surface area contributed by atoms with Crippen LogP contribution < -0.4 is 0 Å². The van der Waals surface area contributed by atoms with Crippen LogP contribution in [0.1, 0.15) is 5.56 Å². The van der Waals surface area contributed by atoms with E-state index in [9.17, 15) is 8.42 Å². The molecule has 0 heterocycles. The summed E-state index contributed by atoms with van der Waals surface area (Å²) in [7, 11) is -3.11. The fraction of sp³-hybridized carbons (Fsp3) is 0.125. The summed E-state index contributed by atoms with van der Waals surface area (Å²) >= 11 is 5.73. The molecule has 1 radical (unpaired) electrons. The van der Waals surface area contributed by atoms with Gasteiger partial charge in [-0.15, -0.1) is 0 Å². The summed E-state index contributed by atoms with van der Waals surface area (Å²) in [6.07, 6.45) is 1.14. The smallest absolute Gasteiger partial charge is 0.156 e. The van der Waals surface area contributed by atoms with Gasteiger partial charge in [0, 0.05) is 11.3 Å². The topological polar surface area (TPSA) is 34.1 Å². The van der Waals surface area contributed by atoms with E-state index in [2.05, 4.69) is 0 Å². The van der Waals surface area contributed by atoms with Crippen molar-refractivity contribution >= 4 is 21.4 Å². The first-order valence-corrected chi connectivity index (χ1v) is 5.61. The Morgan fingerprint density at radius 3 is 2.42 bits per heavy atom. The van der Waals surface area contributed by atoms with E-state index in [-0.39, 0.29) is 0 Å².